The number of hydrogen-bond donors (Lipinski definition) is 0. The van der Waals surface area contributed by atoms with Gasteiger partial charge in [0.05, 0.1) is 0 Å². The van der Waals surface area contributed by atoms with Gasteiger partial charge in [0.2, 0.25) is 7.92 Å². The van der Waals surface area contributed by atoms with Crippen LogP contribution < -0.4 is 0 Å². The second-order valence-electron chi connectivity index (χ2n) is 7.88. The third kappa shape index (κ3) is 63.3. The molecule has 0 aromatic carbocycles. The first-order valence-electron chi connectivity index (χ1n) is 7.77. The standard InChI is InChI=1S/C18H27P.5CO.Cr/c1-16(2,3)10-13-19(14-11-17(4,5)6)15-12-18(7,8)9;5*1-2;/h1-9H3;;;;;;/q;;;;;;+5/p+1. The monoisotopic (exact) mass is 467 g/mol. The van der Waals surface area contributed by atoms with Crippen molar-refractivity contribution < 1.29 is 40.6 Å². The Morgan fingerprint density at radius 2 is 0.567 bits per heavy atom. The molecule has 0 aliphatic rings. The Balaban J connectivity index is -0.0000000835. The first-order valence-corrected chi connectivity index (χ1v) is 9.27. The van der Waals surface area contributed by atoms with Gasteiger partial charge in [-0.05, 0) is 62.3 Å². The first kappa shape index (κ1) is 46.5. The summed E-state index contributed by atoms with van der Waals surface area (Å²) < 4.78 is 37.5. The third-order valence-corrected chi connectivity index (χ3v) is 2.81. The van der Waals surface area contributed by atoms with Gasteiger partial charge in [0.25, 0.3) is 0 Å². The predicted molar refractivity (Wildman–Crippen MR) is 110 cm³/mol. The molecule has 0 rings (SSSR count). The van der Waals surface area contributed by atoms with Gasteiger partial charge in [0.1, 0.15) is 17.0 Å². The Hall–Kier alpha value is -1.66. The second-order valence-corrected chi connectivity index (χ2v) is 9.38. The molecule has 0 heterocycles. The Bertz CT molecular complexity index is 579. The second kappa shape index (κ2) is 29.5. The zero-order chi connectivity index (χ0) is 25.3. The average Bonchev–Trinajstić information content (AvgIpc) is 2.67. The van der Waals surface area contributed by atoms with Gasteiger partial charge < -0.3 is 0 Å². The molecule has 1 radical (unpaired) electrons. The maximum Gasteiger partial charge on any atom is 5.00 e. The van der Waals surface area contributed by atoms with E-state index in [-0.39, 0.29) is 33.6 Å². The van der Waals surface area contributed by atoms with Gasteiger partial charge in [-0.3, -0.25) is 0 Å². The maximum atomic E-state index is 7.50. The van der Waals surface area contributed by atoms with Crippen molar-refractivity contribution in [3.8, 4) is 34.7 Å². The third-order valence-electron chi connectivity index (χ3n) is 1.69. The SMILES string of the molecule is CC(C)(C)C#C[PH+](C#CC(C)(C)C)C#CC(C)(C)C.[C-]#[O+].[C-]#[O+].[C-]#[O+].[C-]#[O+].[C-]#[O+].[Cr+5]. The molecule has 0 N–H and O–H groups in total. The van der Waals surface area contributed by atoms with Crippen molar-refractivity contribution in [1.29, 1.82) is 0 Å². The summed E-state index contributed by atoms with van der Waals surface area (Å²) in [6.45, 7) is 41.6. The van der Waals surface area contributed by atoms with Crippen molar-refractivity contribution in [2.24, 2.45) is 16.2 Å². The van der Waals surface area contributed by atoms with Crippen molar-refractivity contribution in [3.63, 3.8) is 0 Å². The fraction of sp³-hybridized carbons (Fsp3) is 0.522. The van der Waals surface area contributed by atoms with Crippen LogP contribution in [-0.4, -0.2) is 0 Å². The van der Waals surface area contributed by atoms with Crippen LogP contribution in [0.1, 0.15) is 62.3 Å². The summed E-state index contributed by atoms with van der Waals surface area (Å²) in [5, 5.41) is 0. The molecule has 0 saturated heterocycles. The van der Waals surface area contributed by atoms with Gasteiger partial charge in [-0.1, -0.05) is 17.8 Å². The molecule has 7 heteroatoms. The molecule has 0 aromatic rings. The summed E-state index contributed by atoms with van der Waals surface area (Å²) in [5.41, 5.74) is 9.98. The number of rotatable bonds is 0. The molecular weight excluding hydrogens is 439 g/mol. The van der Waals surface area contributed by atoms with E-state index in [2.05, 4.69) is 130 Å². The molecule has 0 atom stereocenters. The fourth-order valence-corrected chi connectivity index (χ4v) is 2.53. The molecule has 30 heavy (non-hydrogen) atoms. The van der Waals surface area contributed by atoms with Crippen LogP contribution in [0, 0.1) is 84.2 Å². The minimum Gasteiger partial charge on any atom is 5.00 e. The summed E-state index contributed by atoms with van der Waals surface area (Å²) in [6.07, 6.45) is 0. The molecule has 0 amide bonds. The van der Waals surface area contributed by atoms with Gasteiger partial charge in [-0.15, -0.1) is 0 Å². The average molecular weight is 467 g/mol. The smallest absolute Gasteiger partial charge is 5.00 e. The van der Waals surface area contributed by atoms with E-state index in [1.54, 1.807) is 0 Å². The molecule has 0 aliphatic heterocycles. The summed E-state index contributed by atoms with van der Waals surface area (Å²) in [7, 11) is -1.23. The van der Waals surface area contributed by atoms with E-state index in [4.69, 9.17) is 23.3 Å². The van der Waals surface area contributed by atoms with Crippen molar-refractivity contribution in [1.82, 2.24) is 0 Å². The molecule has 0 fully saturated rings. The van der Waals surface area contributed by atoms with E-state index in [1.807, 2.05) is 0 Å². The Morgan fingerprint density at radius 3 is 0.667 bits per heavy atom. The van der Waals surface area contributed by atoms with Gasteiger partial charge in [-0.25, -0.2) is 0 Å². The Labute approximate surface area is 195 Å². The fourth-order valence-electron chi connectivity index (χ4n) is 0.844. The normalized spacial score (nSPS) is 7.73. The van der Waals surface area contributed by atoms with E-state index in [0.29, 0.717) is 0 Å². The van der Waals surface area contributed by atoms with Crippen LogP contribution in [0.3, 0.4) is 0 Å². The van der Waals surface area contributed by atoms with E-state index < -0.39 is 7.92 Å². The first-order chi connectivity index (χ1) is 13.3. The Morgan fingerprint density at radius 1 is 0.433 bits per heavy atom. The topological polar surface area (TPSA) is 99.5 Å². The van der Waals surface area contributed by atoms with Gasteiger partial charge in [0, 0.05) is 16.2 Å². The van der Waals surface area contributed by atoms with Crippen LogP contribution in [0.5, 0.6) is 0 Å². The molecule has 0 spiro atoms. The summed E-state index contributed by atoms with van der Waals surface area (Å²) in [5.74, 6) is 9.85. The quantitative estimate of drug-likeness (QED) is 0.207. The largest absolute Gasteiger partial charge is 5.00 e. The van der Waals surface area contributed by atoms with Gasteiger partial charge >= 0.3 is 73.9 Å². The van der Waals surface area contributed by atoms with Gasteiger partial charge in [-0.2, -0.15) is 0 Å². The molecule has 0 bridgehead atoms. The minimum absolute atomic E-state index is 0. The zero-order valence-electron chi connectivity index (χ0n) is 18.9. The van der Waals surface area contributed by atoms with E-state index >= 15 is 0 Å². The molecule has 0 saturated carbocycles. The van der Waals surface area contributed by atoms with Gasteiger partial charge in [0.15, 0.2) is 0 Å². The predicted octanol–water partition coefficient (Wildman–Crippen LogP) is 5.03. The molecule has 0 aliphatic carbocycles. The molecular formula is C23H28CrO5P+6. The zero-order valence-corrected chi connectivity index (χ0v) is 21.2. The van der Waals surface area contributed by atoms with Crippen LogP contribution in [0.4, 0.5) is 0 Å². The van der Waals surface area contributed by atoms with Crippen molar-refractivity contribution in [3.05, 3.63) is 33.3 Å². The minimum atomic E-state index is -1.23. The van der Waals surface area contributed by atoms with Crippen LogP contribution >= 0.6 is 7.92 Å². The van der Waals surface area contributed by atoms with E-state index in [9.17, 15) is 0 Å². The molecule has 155 valence electrons. The van der Waals surface area contributed by atoms with Crippen LogP contribution in [0.15, 0.2) is 0 Å². The van der Waals surface area contributed by atoms with E-state index in [1.165, 1.54) is 0 Å². The summed E-state index contributed by atoms with van der Waals surface area (Å²) >= 11 is 0. The molecule has 5 nitrogen and oxygen atoms in total. The van der Waals surface area contributed by atoms with E-state index in [0.717, 1.165) is 0 Å². The van der Waals surface area contributed by atoms with Crippen molar-refractivity contribution in [2.45, 2.75) is 62.3 Å². The molecule has 0 aromatic heterocycles. The Kier molecular flexibility index (Phi) is 45.8. The summed E-state index contributed by atoms with van der Waals surface area (Å²) in [4.78, 5) is 0. The van der Waals surface area contributed by atoms with Crippen LogP contribution in [0.2, 0.25) is 0 Å². The summed E-state index contributed by atoms with van der Waals surface area (Å²) in [6, 6.07) is 0. The van der Waals surface area contributed by atoms with Crippen molar-refractivity contribution in [2.75, 3.05) is 0 Å². The van der Waals surface area contributed by atoms with Crippen LogP contribution in [-0.2, 0) is 40.6 Å². The maximum absolute atomic E-state index is 7.50. The van der Waals surface area contributed by atoms with Crippen LogP contribution in [0.25, 0.3) is 0 Å². The molecule has 0 unspecified atom stereocenters. The number of hydrogen-bond acceptors (Lipinski definition) is 0. The van der Waals surface area contributed by atoms with Crippen molar-refractivity contribution >= 4 is 7.92 Å².